The van der Waals surface area contributed by atoms with Crippen LogP contribution in [0.4, 0.5) is 16.2 Å². The summed E-state index contributed by atoms with van der Waals surface area (Å²) in [4.78, 5) is 22.2. The molecule has 0 spiro atoms. The highest BCUT2D eigenvalue weighted by atomic mass is 16.6. The van der Waals surface area contributed by atoms with Crippen molar-refractivity contribution in [2.45, 2.75) is 44.2 Å². The van der Waals surface area contributed by atoms with E-state index in [1.54, 1.807) is 6.07 Å². The summed E-state index contributed by atoms with van der Waals surface area (Å²) >= 11 is 0. The molecule has 21 heavy (non-hydrogen) atoms. The van der Waals surface area contributed by atoms with E-state index in [1.807, 2.05) is 0 Å². The number of hydrogen-bond acceptors (Lipinski definition) is 4. The van der Waals surface area contributed by atoms with Gasteiger partial charge in [-0.15, -0.1) is 0 Å². The van der Waals surface area contributed by atoms with Crippen molar-refractivity contribution < 1.29 is 9.72 Å². The standard InChI is InChI=1S/C14H20N4O3/c15-12-7-2-1-3-8-13(12)17-14(19)16-10-5-4-6-11(9-10)18(20)21/h4-6,9,12-13H,1-3,7-8,15H2,(H2,16,17,19). The number of nitrogens with one attached hydrogen (secondary N) is 2. The van der Waals surface area contributed by atoms with Crippen molar-refractivity contribution in [3.05, 3.63) is 34.4 Å². The van der Waals surface area contributed by atoms with Crippen LogP contribution in [0.15, 0.2) is 24.3 Å². The molecule has 0 aliphatic heterocycles. The molecule has 2 rings (SSSR count). The van der Waals surface area contributed by atoms with Gasteiger partial charge in [0.1, 0.15) is 0 Å². The summed E-state index contributed by atoms with van der Waals surface area (Å²) in [6.45, 7) is 0. The third-order valence-corrected chi connectivity index (χ3v) is 3.70. The Balaban J connectivity index is 1.94. The summed E-state index contributed by atoms with van der Waals surface area (Å²) in [5.74, 6) is 0. The van der Waals surface area contributed by atoms with Crippen LogP contribution < -0.4 is 16.4 Å². The Hall–Kier alpha value is -2.15. The summed E-state index contributed by atoms with van der Waals surface area (Å²) in [6, 6.07) is 5.38. The summed E-state index contributed by atoms with van der Waals surface area (Å²) in [6.07, 6.45) is 5.05. The van der Waals surface area contributed by atoms with Crippen LogP contribution in [0.1, 0.15) is 32.1 Å². The SMILES string of the molecule is NC1CCCCCC1NC(=O)Nc1cccc([N+](=O)[O-])c1. The van der Waals surface area contributed by atoms with E-state index >= 15 is 0 Å². The average molecular weight is 292 g/mol. The van der Waals surface area contributed by atoms with Gasteiger partial charge in [0.2, 0.25) is 0 Å². The molecule has 0 heterocycles. The first-order valence-corrected chi connectivity index (χ1v) is 7.14. The largest absolute Gasteiger partial charge is 0.334 e. The van der Waals surface area contributed by atoms with Crippen molar-refractivity contribution in [2.75, 3.05) is 5.32 Å². The molecule has 7 nitrogen and oxygen atoms in total. The van der Waals surface area contributed by atoms with E-state index in [4.69, 9.17) is 5.73 Å². The van der Waals surface area contributed by atoms with E-state index in [0.717, 1.165) is 32.1 Å². The lowest BCUT2D eigenvalue weighted by atomic mass is 10.0. The lowest BCUT2D eigenvalue weighted by Gasteiger charge is -2.22. The fourth-order valence-corrected chi connectivity index (χ4v) is 2.55. The average Bonchev–Trinajstić information content (AvgIpc) is 2.64. The molecular formula is C14H20N4O3. The predicted octanol–water partition coefficient (Wildman–Crippen LogP) is 2.38. The van der Waals surface area contributed by atoms with Gasteiger partial charge in [-0.2, -0.15) is 0 Å². The molecule has 114 valence electrons. The first kappa shape index (κ1) is 15.2. The monoisotopic (exact) mass is 292 g/mol. The minimum atomic E-state index is -0.496. The van der Waals surface area contributed by atoms with Crippen molar-refractivity contribution in [3.63, 3.8) is 0 Å². The highest BCUT2D eigenvalue weighted by Crippen LogP contribution is 2.18. The Morgan fingerprint density at radius 2 is 2.05 bits per heavy atom. The van der Waals surface area contributed by atoms with E-state index < -0.39 is 4.92 Å². The number of nitrogens with zero attached hydrogens (tertiary/aromatic N) is 1. The topological polar surface area (TPSA) is 110 Å². The van der Waals surface area contributed by atoms with E-state index in [9.17, 15) is 14.9 Å². The number of nitrogens with two attached hydrogens (primary N) is 1. The maximum absolute atomic E-state index is 12.0. The summed E-state index contributed by atoms with van der Waals surface area (Å²) in [5, 5.41) is 16.2. The third kappa shape index (κ3) is 4.42. The Morgan fingerprint density at radius 3 is 2.81 bits per heavy atom. The van der Waals surface area contributed by atoms with Gasteiger partial charge in [0.05, 0.1) is 4.92 Å². The molecule has 1 aliphatic carbocycles. The van der Waals surface area contributed by atoms with Crippen LogP contribution in [-0.2, 0) is 0 Å². The maximum atomic E-state index is 12.0. The second-order valence-corrected chi connectivity index (χ2v) is 5.31. The molecule has 0 aromatic heterocycles. The highest BCUT2D eigenvalue weighted by molar-refractivity contribution is 5.89. The fraction of sp³-hybridized carbons (Fsp3) is 0.500. The molecule has 1 aromatic carbocycles. The summed E-state index contributed by atoms with van der Waals surface area (Å²) < 4.78 is 0. The van der Waals surface area contributed by atoms with Gasteiger partial charge in [0, 0.05) is 29.9 Å². The van der Waals surface area contributed by atoms with Gasteiger partial charge in [0.25, 0.3) is 5.69 Å². The zero-order valence-corrected chi connectivity index (χ0v) is 11.7. The quantitative estimate of drug-likeness (QED) is 0.451. The number of rotatable bonds is 3. The van der Waals surface area contributed by atoms with Gasteiger partial charge in [-0.05, 0) is 18.9 Å². The molecule has 2 unspecified atom stereocenters. The number of benzene rings is 1. The van der Waals surface area contributed by atoms with Crippen molar-refractivity contribution >= 4 is 17.4 Å². The van der Waals surface area contributed by atoms with Crippen molar-refractivity contribution in [3.8, 4) is 0 Å². The second kappa shape index (κ2) is 7.03. The number of nitro benzene ring substituents is 1. The van der Waals surface area contributed by atoms with Crippen LogP contribution in [-0.4, -0.2) is 23.0 Å². The van der Waals surface area contributed by atoms with Gasteiger partial charge in [0.15, 0.2) is 0 Å². The Labute approximate surface area is 123 Å². The Morgan fingerprint density at radius 1 is 1.29 bits per heavy atom. The fourth-order valence-electron chi connectivity index (χ4n) is 2.55. The molecule has 0 saturated heterocycles. The number of amides is 2. The van der Waals surface area contributed by atoms with E-state index in [-0.39, 0.29) is 23.8 Å². The number of carbonyl (C=O) groups is 1. The van der Waals surface area contributed by atoms with E-state index in [2.05, 4.69) is 10.6 Å². The first-order chi connectivity index (χ1) is 10.1. The predicted molar refractivity (Wildman–Crippen MR) is 80.1 cm³/mol. The number of nitro groups is 1. The molecule has 7 heteroatoms. The van der Waals surface area contributed by atoms with Crippen LogP contribution in [0.5, 0.6) is 0 Å². The Kier molecular flexibility index (Phi) is 5.10. The lowest BCUT2D eigenvalue weighted by Crippen LogP contribution is -2.48. The van der Waals surface area contributed by atoms with Gasteiger partial charge in [-0.25, -0.2) is 4.79 Å². The second-order valence-electron chi connectivity index (χ2n) is 5.31. The van der Waals surface area contributed by atoms with Crippen LogP contribution in [0.2, 0.25) is 0 Å². The minimum Gasteiger partial charge on any atom is -0.334 e. The van der Waals surface area contributed by atoms with Crippen LogP contribution >= 0.6 is 0 Å². The van der Waals surface area contributed by atoms with Crippen molar-refractivity contribution in [2.24, 2.45) is 5.73 Å². The molecule has 2 atom stereocenters. The normalized spacial score (nSPS) is 22.1. The third-order valence-electron chi connectivity index (χ3n) is 3.70. The molecule has 4 N–H and O–H groups in total. The number of anilines is 1. The summed E-state index contributed by atoms with van der Waals surface area (Å²) in [5.41, 5.74) is 6.39. The van der Waals surface area contributed by atoms with Crippen molar-refractivity contribution in [1.29, 1.82) is 0 Å². The maximum Gasteiger partial charge on any atom is 0.319 e. The Bertz CT molecular complexity index is 521. The molecular weight excluding hydrogens is 272 g/mol. The zero-order chi connectivity index (χ0) is 15.2. The summed E-state index contributed by atoms with van der Waals surface area (Å²) in [7, 11) is 0. The molecule has 1 fully saturated rings. The lowest BCUT2D eigenvalue weighted by molar-refractivity contribution is -0.384. The van der Waals surface area contributed by atoms with Gasteiger partial charge < -0.3 is 16.4 Å². The number of hydrogen-bond donors (Lipinski definition) is 3. The van der Waals surface area contributed by atoms with Gasteiger partial charge in [-0.3, -0.25) is 10.1 Å². The minimum absolute atomic E-state index is 0.0386. The first-order valence-electron chi connectivity index (χ1n) is 7.14. The molecule has 1 aromatic rings. The van der Waals surface area contributed by atoms with Crippen molar-refractivity contribution in [1.82, 2.24) is 5.32 Å². The van der Waals surface area contributed by atoms with E-state index in [0.29, 0.717) is 5.69 Å². The van der Waals surface area contributed by atoms with Gasteiger partial charge >= 0.3 is 6.03 Å². The molecule has 1 saturated carbocycles. The molecule has 1 aliphatic rings. The number of urea groups is 1. The molecule has 0 radical (unpaired) electrons. The van der Waals surface area contributed by atoms with E-state index in [1.165, 1.54) is 18.2 Å². The van der Waals surface area contributed by atoms with Crippen LogP contribution in [0.25, 0.3) is 0 Å². The smallest absolute Gasteiger partial charge is 0.319 e. The number of carbonyl (C=O) groups excluding carboxylic acids is 1. The molecule has 0 bridgehead atoms. The van der Waals surface area contributed by atoms with Crippen LogP contribution in [0, 0.1) is 10.1 Å². The van der Waals surface area contributed by atoms with Gasteiger partial charge in [-0.1, -0.05) is 25.3 Å². The highest BCUT2D eigenvalue weighted by Gasteiger charge is 2.22. The molecule has 2 amide bonds. The number of non-ortho nitro benzene ring substituents is 1. The zero-order valence-electron chi connectivity index (χ0n) is 11.7. The van der Waals surface area contributed by atoms with Crippen LogP contribution in [0.3, 0.4) is 0 Å².